The van der Waals surface area contributed by atoms with Crippen molar-refractivity contribution in [2.75, 3.05) is 13.1 Å². The molecule has 2 rings (SSSR count). The molecular formula is C12H12Cl3NO. The van der Waals surface area contributed by atoms with Crippen molar-refractivity contribution in [1.29, 1.82) is 0 Å². The molecule has 1 fully saturated rings. The van der Waals surface area contributed by atoms with E-state index in [1.54, 1.807) is 23.1 Å². The van der Waals surface area contributed by atoms with Crippen molar-refractivity contribution in [1.82, 2.24) is 4.90 Å². The molecule has 0 bridgehead atoms. The van der Waals surface area contributed by atoms with Gasteiger partial charge in [-0.1, -0.05) is 29.3 Å². The Kier molecular flexibility index (Phi) is 4.18. The van der Waals surface area contributed by atoms with Crippen LogP contribution in [0.2, 0.25) is 10.0 Å². The summed E-state index contributed by atoms with van der Waals surface area (Å²) in [5, 5.41) is 0.798. The number of hydrogen-bond acceptors (Lipinski definition) is 1. The fourth-order valence-electron chi connectivity index (χ4n) is 1.97. The average molecular weight is 293 g/mol. The molecule has 17 heavy (non-hydrogen) atoms. The Bertz CT molecular complexity index is 416. The second kappa shape index (κ2) is 5.47. The zero-order valence-electron chi connectivity index (χ0n) is 9.13. The van der Waals surface area contributed by atoms with Crippen molar-refractivity contribution in [3.63, 3.8) is 0 Å². The minimum Gasteiger partial charge on any atom is -0.337 e. The number of rotatable bonds is 1. The second-order valence-electron chi connectivity index (χ2n) is 4.09. The summed E-state index contributed by atoms with van der Waals surface area (Å²) in [5.41, 5.74) is 0.376. The molecule has 0 aromatic heterocycles. The van der Waals surface area contributed by atoms with E-state index in [1.807, 2.05) is 0 Å². The van der Waals surface area contributed by atoms with Crippen molar-refractivity contribution < 1.29 is 4.79 Å². The lowest BCUT2D eigenvalue weighted by Gasteiger charge is -2.30. The van der Waals surface area contributed by atoms with Gasteiger partial charge >= 0.3 is 0 Å². The Labute approximate surface area is 115 Å². The third kappa shape index (κ3) is 2.87. The van der Waals surface area contributed by atoms with Crippen molar-refractivity contribution in [3.05, 3.63) is 33.8 Å². The van der Waals surface area contributed by atoms with Gasteiger partial charge in [0.1, 0.15) is 0 Å². The van der Waals surface area contributed by atoms with Crippen LogP contribution in [-0.4, -0.2) is 29.3 Å². The van der Waals surface area contributed by atoms with Crippen LogP contribution < -0.4 is 0 Å². The first-order valence-corrected chi connectivity index (χ1v) is 6.66. The van der Waals surface area contributed by atoms with Crippen LogP contribution in [0.15, 0.2) is 18.2 Å². The van der Waals surface area contributed by atoms with Crippen LogP contribution in [0.4, 0.5) is 0 Å². The number of likely N-dealkylation sites (tertiary alicyclic amines) is 1. The number of carbonyl (C=O) groups is 1. The highest BCUT2D eigenvalue weighted by atomic mass is 35.5. The molecule has 1 aromatic rings. The summed E-state index contributed by atoms with van der Waals surface area (Å²) in [4.78, 5) is 14.0. The van der Waals surface area contributed by atoms with Crippen LogP contribution in [0.5, 0.6) is 0 Å². The summed E-state index contributed by atoms with van der Waals surface area (Å²) < 4.78 is 0. The van der Waals surface area contributed by atoms with E-state index in [0.717, 1.165) is 12.8 Å². The van der Waals surface area contributed by atoms with Gasteiger partial charge in [0.15, 0.2) is 0 Å². The van der Waals surface area contributed by atoms with Crippen molar-refractivity contribution in [3.8, 4) is 0 Å². The lowest BCUT2D eigenvalue weighted by molar-refractivity contribution is 0.0727. The van der Waals surface area contributed by atoms with Crippen molar-refractivity contribution in [2.24, 2.45) is 0 Å². The van der Waals surface area contributed by atoms with Crippen LogP contribution in [-0.2, 0) is 0 Å². The van der Waals surface area contributed by atoms with Gasteiger partial charge in [0.2, 0.25) is 0 Å². The predicted molar refractivity (Wildman–Crippen MR) is 71.2 cm³/mol. The summed E-state index contributed by atoms with van der Waals surface area (Å²) in [7, 11) is 0. The molecule has 0 aliphatic carbocycles. The van der Waals surface area contributed by atoms with Crippen LogP contribution >= 0.6 is 34.8 Å². The molecule has 1 aliphatic heterocycles. The number of benzene rings is 1. The van der Waals surface area contributed by atoms with Crippen LogP contribution in [0, 0.1) is 0 Å². The number of carbonyl (C=O) groups excluding carboxylic acids is 1. The fourth-order valence-corrected chi connectivity index (χ4v) is 2.85. The van der Waals surface area contributed by atoms with E-state index in [1.165, 1.54) is 0 Å². The standard InChI is InChI=1S/C12H12Cl3NO/c13-8-3-2-6-16(7-8)12(17)11-9(14)4-1-5-10(11)15/h1,4-5,8H,2-3,6-7H2. The normalized spacial score (nSPS) is 20.4. The van der Waals surface area contributed by atoms with E-state index >= 15 is 0 Å². The van der Waals surface area contributed by atoms with Gasteiger partial charge in [0.25, 0.3) is 5.91 Å². The van der Waals surface area contributed by atoms with E-state index in [0.29, 0.717) is 28.7 Å². The number of piperidine rings is 1. The third-order valence-corrected chi connectivity index (χ3v) is 3.81. The molecule has 1 heterocycles. The molecule has 1 saturated heterocycles. The quantitative estimate of drug-likeness (QED) is 0.720. The van der Waals surface area contributed by atoms with Gasteiger partial charge in [-0.3, -0.25) is 4.79 Å². The van der Waals surface area contributed by atoms with Crippen LogP contribution in [0.1, 0.15) is 23.2 Å². The minimum atomic E-state index is -0.133. The average Bonchev–Trinajstić information content (AvgIpc) is 2.28. The van der Waals surface area contributed by atoms with Crippen LogP contribution in [0.25, 0.3) is 0 Å². The van der Waals surface area contributed by atoms with E-state index in [9.17, 15) is 4.79 Å². The molecular weight excluding hydrogens is 280 g/mol. The van der Waals surface area contributed by atoms with Crippen molar-refractivity contribution >= 4 is 40.7 Å². The number of halogens is 3. The Morgan fingerprint density at radius 3 is 2.53 bits per heavy atom. The molecule has 1 amide bonds. The lowest BCUT2D eigenvalue weighted by atomic mass is 10.1. The molecule has 1 atom stereocenters. The minimum absolute atomic E-state index is 0.0222. The lowest BCUT2D eigenvalue weighted by Crippen LogP contribution is -2.40. The predicted octanol–water partition coefficient (Wildman–Crippen LogP) is 3.84. The first-order valence-electron chi connectivity index (χ1n) is 5.47. The maximum atomic E-state index is 12.3. The highest BCUT2D eigenvalue weighted by Crippen LogP contribution is 2.27. The van der Waals surface area contributed by atoms with Crippen LogP contribution in [0.3, 0.4) is 0 Å². The van der Waals surface area contributed by atoms with Gasteiger partial charge < -0.3 is 4.90 Å². The smallest absolute Gasteiger partial charge is 0.256 e. The highest BCUT2D eigenvalue weighted by molar-refractivity contribution is 6.39. The molecule has 1 aliphatic rings. The fraction of sp³-hybridized carbons (Fsp3) is 0.417. The number of nitrogens with zero attached hydrogens (tertiary/aromatic N) is 1. The van der Waals surface area contributed by atoms with Gasteiger partial charge in [-0.15, -0.1) is 11.6 Å². The van der Waals surface area contributed by atoms with Gasteiger partial charge in [-0.25, -0.2) is 0 Å². The molecule has 2 nitrogen and oxygen atoms in total. The Morgan fingerprint density at radius 1 is 1.29 bits per heavy atom. The number of alkyl halides is 1. The molecule has 1 aromatic carbocycles. The molecule has 1 unspecified atom stereocenters. The van der Waals surface area contributed by atoms with Crippen molar-refractivity contribution in [2.45, 2.75) is 18.2 Å². The van der Waals surface area contributed by atoms with Gasteiger partial charge in [-0.05, 0) is 25.0 Å². The summed E-state index contributed by atoms with van der Waals surface area (Å²) in [6.07, 6.45) is 1.86. The number of amides is 1. The summed E-state index contributed by atoms with van der Waals surface area (Å²) in [6, 6.07) is 5.06. The Morgan fingerprint density at radius 2 is 1.94 bits per heavy atom. The monoisotopic (exact) mass is 291 g/mol. The second-order valence-corrected chi connectivity index (χ2v) is 5.52. The number of hydrogen-bond donors (Lipinski definition) is 0. The zero-order valence-corrected chi connectivity index (χ0v) is 11.4. The SMILES string of the molecule is O=C(c1c(Cl)cccc1Cl)N1CCCC(Cl)C1. The zero-order chi connectivity index (χ0) is 12.4. The van der Waals surface area contributed by atoms with Gasteiger partial charge in [0.05, 0.1) is 21.0 Å². The molecule has 0 saturated carbocycles. The molecule has 5 heteroatoms. The summed E-state index contributed by atoms with van der Waals surface area (Å²) in [6.45, 7) is 1.27. The van der Waals surface area contributed by atoms with Gasteiger partial charge in [0, 0.05) is 13.1 Å². The van der Waals surface area contributed by atoms with E-state index in [2.05, 4.69) is 0 Å². The Balaban J connectivity index is 2.24. The first kappa shape index (κ1) is 13.0. The van der Waals surface area contributed by atoms with E-state index < -0.39 is 0 Å². The highest BCUT2D eigenvalue weighted by Gasteiger charge is 2.25. The maximum Gasteiger partial charge on any atom is 0.256 e. The first-order chi connectivity index (χ1) is 8.09. The van der Waals surface area contributed by atoms with E-state index in [-0.39, 0.29) is 11.3 Å². The largest absolute Gasteiger partial charge is 0.337 e. The summed E-state index contributed by atoms with van der Waals surface area (Å²) in [5.74, 6) is -0.133. The third-order valence-electron chi connectivity index (χ3n) is 2.83. The molecule has 0 radical (unpaired) electrons. The van der Waals surface area contributed by atoms with E-state index in [4.69, 9.17) is 34.8 Å². The molecule has 92 valence electrons. The summed E-state index contributed by atoms with van der Waals surface area (Å²) >= 11 is 18.1. The topological polar surface area (TPSA) is 20.3 Å². The molecule has 0 N–H and O–H groups in total. The Hall–Kier alpha value is -0.440. The maximum absolute atomic E-state index is 12.3. The molecule has 0 spiro atoms. The van der Waals surface area contributed by atoms with Gasteiger partial charge in [-0.2, -0.15) is 0 Å².